The molecule has 1 saturated carbocycles. The molecule has 1 aromatic rings. The fourth-order valence-corrected chi connectivity index (χ4v) is 3.66. The highest BCUT2D eigenvalue weighted by Crippen LogP contribution is 2.36. The number of halogens is 2. The van der Waals surface area contributed by atoms with Crippen LogP contribution in [0.3, 0.4) is 0 Å². The first kappa shape index (κ1) is 15.1. The number of rotatable bonds is 4. The predicted molar refractivity (Wildman–Crippen MR) is 87.7 cm³/mol. The smallest absolute Gasteiger partial charge is 0.252 e. The molecule has 0 bridgehead atoms. The lowest BCUT2D eigenvalue weighted by Crippen LogP contribution is -2.40. The van der Waals surface area contributed by atoms with Crippen LogP contribution in [0.2, 0.25) is 0 Å². The van der Waals surface area contributed by atoms with Gasteiger partial charge in [0.15, 0.2) is 0 Å². The summed E-state index contributed by atoms with van der Waals surface area (Å²) in [6.07, 6.45) is 6.01. The molecule has 0 saturated heterocycles. The number of benzene rings is 1. The van der Waals surface area contributed by atoms with Gasteiger partial charge < -0.3 is 5.32 Å². The third-order valence-corrected chi connectivity index (χ3v) is 5.45. The number of carbonyl (C=O) groups is 1. The zero-order valence-corrected chi connectivity index (χ0v) is 13.8. The molecule has 0 radical (unpaired) electrons. The van der Waals surface area contributed by atoms with Gasteiger partial charge in [-0.25, -0.2) is 0 Å². The molecule has 0 aliphatic heterocycles. The quantitative estimate of drug-likeness (QED) is 0.604. The minimum Gasteiger partial charge on any atom is -0.351 e. The van der Waals surface area contributed by atoms with E-state index in [0.717, 1.165) is 22.0 Å². The second-order valence-electron chi connectivity index (χ2n) is 5.36. The van der Waals surface area contributed by atoms with Crippen LogP contribution < -0.4 is 5.32 Å². The van der Waals surface area contributed by atoms with Crippen molar-refractivity contribution in [3.63, 3.8) is 0 Å². The number of amides is 1. The maximum absolute atomic E-state index is 12.2. The fourth-order valence-electron chi connectivity index (χ4n) is 2.67. The van der Waals surface area contributed by atoms with Crippen LogP contribution in [0, 0.1) is 8.99 Å². The summed E-state index contributed by atoms with van der Waals surface area (Å²) in [5.41, 5.74) is 0.860. The standard InChI is InChI=1S/C15H19ClINO/c16-10-15(8-4-1-5-9-15)11-18-14(19)12-6-2-3-7-13(12)17/h2-3,6-7H,1,4-5,8-11H2,(H,18,19). The van der Waals surface area contributed by atoms with E-state index in [9.17, 15) is 4.79 Å². The lowest BCUT2D eigenvalue weighted by molar-refractivity contribution is 0.0920. The summed E-state index contributed by atoms with van der Waals surface area (Å²) in [7, 11) is 0. The van der Waals surface area contributed by atoms with Crippen LogP contribution in [0.25, 0.3) is 0 Å². The van der Waals surface area contributed by atoms with Gasteiger partial charge in [-0.2, -0.15) is 0 Å². The van der Waals surface area contributed by atoms with Crippen molar-refractivity contribution in [3.05, 3.63) is 33.4 Å². The van der Waals surface area contributed by atoms with Crippen molar-refractivity contribution < 1.29 is 4.79 Å². The Morgan fingerprint density at radius 1 is 1.26 bits per heavy atom. The Morgan fingerprint density at radius 2 is 1.95 bits per heavy atom. The molecule has 104 valence electrons. The maximum atomic E-state index is 12.2. The van der Waals surface area contributed by atoms with Gasteiger partial charge in [0.25, 0.3) is 5.91 Å². The first-order valence-corrected chi connectivity index (χ1v) is 8.37. The predicted octanol–water partition coefficient (Wildman–Crippen LogP) is 4.21. The van der Waals surface area contributed by atoms with Gasteiger partial charge in [-0.1, -0.05) is 31.4 Å². The van der Waals surface area contributed by atoms with E-state index >= 15 is 0 Å². The van der Waals surface area contributed by atoms with E-state index in [4.69, 9.17) is 11.6 Å². The third-order valence-electron chi connectivity index (χ3n) is 3.94. The molecule has 1 aromatic carbocycles. The number of carbonyl (C=O) groups excluding carboxylic acids is 1. The maximum Gasteiger partial charge on any atom is 0.252 e. The summed E-state index contributed by atoms with van der Waals surface area (Å²) in [5.74, 6) is 0.652. The van der Waals surface area contributed by atoms with E-state index < -0.39 is 0 Å². The number of hydrogen-bond donors (Lipinski definition) is 1. The van der Waals surface area contributed by atoms with Crippen LogP contribution in [-0.4, -0.2) is 18.3 Å². The Morgan fingerprint density at radius 3 is 2.58 bits per heavy atom. The molecule has 1 aliphatic carbocycles. The number of alkyl halides is 1. The van der Waals surface area contributed by atoms with E-state index in [1.54, 1.807) is 0 Å². The topological polar surface area (TPSA) is 29.1 Å². The molecule has 1 amide bonds. The van der Waals surface area contributed by atoms with Crippen molar-refractivity contribution in [2.24, 2.45) is 5.41 Å². The van der Waals surface area contributed by atoms with Crippen LogP contribution in [-0.2, 0) is 0 Å². The molecular weight excluding hydrogens is 373 g/mol. The van der Waals surface area contributed by atoms with Crippen molar-refractivity contribution in [1.82, 2.24) is 5.32 Å². The summed E-state index contributed by atoms with van der Waals surface area (Å²) in [5, 5.41) is 3.07. The molecule has 2 nitrogen and oxygen atoms in total. The van der Waals surface area contributed by atoms with Crippen LogP contribution >= 0.6 is 34.2 Å². The van der Waals surface area contributed by atoms with E-state index in [-0.39, 0.29) is 11.3 Å². The minimum absolute atomic E-state index is 0.0139. The van der Waals surface area contributed by atoms with Crippen LogP contribution in [0.4, 0.5) is 0 Å². The van der Waals surface area contributed by atoms with Crippen LogP contribution in [0.5, 0.6) is 0 Å². The molecule has 0 unspecified atom stereocenters. The third kappa shape index (κ3) is 3.85. The van der Waals surface area contributed by atoms with Gasteiger partial charge in [-0.15, -0.1) is 11.6 Å². The highest BCUT2D eigenvalue weighted by molar-refractivity contribution is 14.1. The Hall–Kier alpha value is -0.290. The van der Waals surface area contributed by atoms with Gasteiger partial charge in [0.05, 0.1) is 5.56 Å². The molecule has 0 atom stereocenters. The lowest BCUT2D eigenvalue weighted by Gasteiger charge is -2.35. The monoisotopic (exact) mass is 391 g/mol. The first-order chi connectivity index (χ1) is 9.17. The fraction of sp³-hybridized carbons (Fsp3) is 0.533. The van der Waals surface area contributed by atoms with Crippen molar-refractivity contribution >= 4 is 40.1 Å². The van der Waals surface area contributed by atoms with Crippen molar-refractivity contribution in [1.29, 1.82) is 0 Å². The normalized spacial score (nSPS) is 18.0. The first-order valence-electron chi connectivity index (χ1n) is 6.76. The Kier molecular flexibility index (Phi) is 5.51. The van der Waals surface area contributed by atoms with Gasteiger partial charge in [0.2, 0.25) is 0 Å². The summed E-state index contributed by atoms with van der Waals surface area (Å²) >= 11 is 8.34. The molecule has 2 rings (SSSR count). The zero-order chi connectivity index (χ0) is 13.7. The molecule has 1 N–H and O–H groups in total. The van der Waals surface area contributed by atoms with Gasteiger partial charge in [-0.05, 0) is 47.6 Å². The number of hydrogen-bond acceptors (Lipinski definition) is 1. The summed E-state index contributed by atoms with van der Waals surface area (Å²) in [6, 6.07) is 7.66. The average Bonchev–Trinajstić information content (AvgIpc) is 2.46. The molecular formula is C15H19ClINO. The molecule has 0 heterocycles. The van der Waals surface area contributed by atoms with Gasteiger partial charge >= 0.3 is 0 Å². The Balaban J connectivity index is 1.98. The molecule has 19 heavy (non-hydrogen) atoms. The van der Waals surface area contributed by atoms with Gasteiger partial charge in [-0.3, -0.25) is 4.79 Å². The van der Waals surface area contributed by atoms with Crippen LogP contribution in [0.1, 0.15) is 42.5 Å². The van der Waals surface area contributed by atoms with Gasteiger partial charge in [0, 0.05) is 21.4 Å². The van der Waals surface area contributed by atoms with Crippen LogP contribution in [0.15, 0.2) is 24.3 Å². The second-order valence-corrected chi connectivity index (χ2v) is 6.79. The SMILES string of the molecule is O=C(NCC1(CCl)CCCCC1)c1ccccc1I. The molecule has 1 aliphatic rings. The Bertz CT molecular complexity index is 444. The van der Waals surface area contributed by atoms with E-state index in [1.165, 1.54) is 19.3 Å². The summed E-state index contributed by atoms with van der Waals surface area (Å²) in [6.45, 7) is 0.695. The minimum atomic E-state index is 0.0139. The van der Waals surface area contributed by atoms with Crippen molar-refractivity contribution in [2.75, 3.05) is 12.4 Å². The highest BCUT2D eigenvalue weighted by Gasteiger charge is 2.31. The van der Waals surface area contributed by atoms with E-state index in [1.807, 2.05) is 24.3 Å². The molecule has 0 spiro atoms. The summed E-state index contributed by atoms with van der Waals surface area (Å²) < 4.78 is 0.987. The largest absolute Gasteiger partial charge is 0.351 e. The van der Waals surface area contributed by atoms with E-state index in [2.05, 4.69) is 27.9 Å². The second kappa shape index (κ2) is 6.93. The highest BCUT2D eigenvalue weighted by atomic mass is 127. The zero-order valence-electron chi connectivity index (χ0n) is 10.9. The number of nitrogens with one attached hydrogen (secondary N) is 1. The lowest BCUT2D eigenvalue weighted by atomic mass is 9.75. The summed E-state index contributed by atoms with van der Waals surface area (Å²) in [4.78, 5) is 12.2. The molecule has 1 fully saturated rings. The van der Waals surface area contributed by atoms with E-state index in [0.29, 0.717) is 12.4 Å². The van der Waals surface area contributed by atoms with Crippen molar-refractivity contribution in [2.45, 2.75) is 32.1 Å². The Labute approximate surface area is 133 Å². The molecule has 0 aromatic heterocycles. The molecule has 4 heteroatoms. The van der Waals surface area contributed by atoms with Gasteiger partial charge in [0.1, 0.15) is 0 Å². The average molecular weight is 392 g/mol. The van der Waals surface area contributed by atoms with Crippen molar-refractivity contribution in [3.8, 4) is 0 Å².